The molecule has 0 atom stereocenters. The fraction of sp³-hybridized carbons (Fsp3) is 0.300. The van der Waals surface area contributed by atoms with E-state index in [9.17, 15) is 4.79 Å². The predicted octanol–water partition coefficient (Wildman–Crippen LogP) is 3.86. The Hall–Kier alpha value is -2.85. The first kappa shape index (κ1) is 21.8. The van der Waals surface area contributed by atoms with E-state index in [0.717, 1.165) is 10.6 Å². The lowest BCUT2D eigenvalue weighted by atomic mass is 10.3. The highest BCUT2D eigenvalue weighted by Crippen LogP contribution is 2.27. The molecule has 1 N–H and O–H groups in total. The number of para-hydroxylation sites is 2. The van der Waals surface area contributed by atoms with Crippen LogP contribution in [0.5, 0.6) is 11.5 Å². The number of aryl methyl sites for hydroxylation is 2. The molecule has 1 amide bonds. The Balaban J connectivity index is 1.63. The molecule has 30 heavy (non-hydrogen) atoms. The Morgan fingerprint density at radius 3 is 2.73 bits per heavy atom. The van der Waals surface area contributed by atoms with Gasteiger partial charge < -0.3 is 14.8 Å². The van der Waals surface area contributed by atoms with E-state index in [1.54, 1.807) is 13.2 Å². The summed E-state index contributed by atoms with van der Waals surface area (Å²) >= 11 is 2.76. The van der Waals surface area contributed by atoms with E-state index in [1.165, 1.54) is 23.1 Å². The van der Waals surface area contributed by atoms with Crippen molar-refractivity contribution >= 4 is 34.1 Å². The first-order chi connectivity index (χ1) is 14.5. The van der Waals surface area contributed by atoms with E-state index in [-0.39, 0.29) is 18.3 Å². The molecule has 0 saturated carbocycles. The van der Waals surface area contributed by atoms with Crippen LogP contribution in [0.4, 0.5) is 5.13 Å². The van der Waals surface area contributed by atoms with Gasteiger partial charge in [-0.3, -0.25) is 9.36 Å². The molecule has 0 aliphatic rings. The lowest BCUT2D eigenvalue weighted by Gasteiger charge is -2.11. The Morgan fingerprint density at radius 1 is 1.30 bits per heavy atom. The molecule has 0 aliphatic heterocycles. The van der Waals surface area contributed by atoms with E-state index >= 15 is 0 Å². The van der Waals surface area contributed by atoms with Crippen molar-refractivity contribution in [3.8, 4) is 11.5 Å². The highest BCUT2D eigenvalue weighted by molar-refractivity contribution is 7.99. The second kappa shape index (κ2) is 10.3. The Kier molecular flexibility index (Phi) is 7.47. The number of ether oxygens (including phenoxy) is 2. The number of thioether (sulfide) groups is 1. The molecule has 0 fully saturated rings. The number of allylic oxidation sites excluding steroid dienone is 1. The summed E-state index contributed by atoms with van der Waals surface area (Å²) in [6, 6.07) is 7.40. The molecule has 158 valence electrons. The molecule has 0 unspecified atom stereocenters. The quantitative estimate of drug-likeness (QED) is 0.374. The summed E-state index contributed by atoms with van der Waals surface area (Å²) in [5.74, 6) is 1.95. The minimum absolute atomic E-state index is 0.145. The zero-order chi connectivity index (χ0) is 21.5. The maximum absolute atomic E-state index is 12.3. The van der Waals surface area contributed by atoms with Gasteiger partial charge in [-0.15, -0.1) is 28.1 Å². The Labute approximate surface area is 183 Å². The average Bonchev–Trinajstić information content (AvgIpc) is 3.27. The van der Waals surface area contributed by atoms with Crippen molar-refractivity contribution in [2.24, 2.45) is 0 Å². The third-order valence-corrected chi connectivity index (χ3v) is 6.09. The minimum Gasteiger partial charge on any atom is -0.493 e. The number of rotatable bonds is 10. The summed E-state index contributed by atoms with van der Waals surface area (Å²) in [5.41, 5.74) is 0.924. The molecule has 2 heterocycles. The van der Waals surface area contributed by atoms with Crippen molar-refractivity contribution in [3.63, 3.8) is 0 Å². The SMILES string of the molecule is C=CCn1c(COc2ccccc2OC)nnc1SCC(=O)Nc1nc(C)c(C)s1. The van der Waals surface area contributed by atoms with Crippen LogP contribution in [0.2, 0.25) is 0 Å². The molecule has 3 aromatic rings. The van der Waals surface area contributed by atoms with Crippen LogP contribution in [0.1, 0.15) is 16.4 Å². The van der Waals surface area contributed by atoms with Gasteiger partial charge in [0, 0.05) is 11.4 Å². The molecule has 0 saturated heterocycles. The van der Waals surface area contributed by atoms with Gasteiger partial charge in [-0.1, -0.05) is 30.0 Å². The van der Waals surface area contributed by atoms with Gasteiger partial charge >= 0.3 is 0 Å². The molecule has 1 aromatic carbocycles. The first-order valence-electron chi connectivity index (χ1n) is 9.17. The maximum Gasteiger partial charge on any atom is 0.236 e. The fourth-order valence-electron chi connectivity index (χ4n) is 2.54. The second-order valence-corrected chi connectivity index (χ2v) is 8.38. The van der Waals surface area contributed by atoms with Gasteiger partial charge in [-0.2, -0.15) is 0 Å². The summed E-state index contributed by atoms with van der Waals surface area (Å²) in [6.07, 6.45) is 1.75. The van der Waals surface area contributed by atoms with Crippen LogP contribution in [0.25, 0.3) is 0 Å². The Bertz CT molecular complexity index is 1010. The van der Waals surface area contributed by atoms with E-state index in [0.29, 0.717) is 34.2 Å². The molecule has 0 radical (unpaired) electrons. The number of amides is 1. The number of aromatic nitrogens is 4. The molecule has 0 bridgehead atoms. The van der Waals surface area contributed by atoms with Crippen LogP contribution < -0.4 is 14.8 Å². The summed E-state index contributed by atoms with van der Waals surface area (Å²) < 4.78 is 13.0. The predicted molar refractivity (Wildman–Crippen MR) is 118 cm³/mol. The van der Waals surface area contributed by atoms with Crippen LogP contribution in [0, 0.1) is 13.8 Å². The normalized spacial score (nSPS) is 10.6. The summed E-state index contributed by atoms with van der Waals surface area (Å²) in [7, 11) is 1.59. The largest absolute Gasteiger partial charge is 0.493 e. The van der Waals surface area contributed by atoms with E-state index in [2.05, 4.69) is 27.1 Å². The lowest BCUT2D eigenvalue weighted by molar-refractivity contribution is -0.113. The molecule has 2 aromatic heterocycles. The van der Waals surface area contributed by atoms with Crippen molar-refractivity contribution in [2.45, 2.75) is 32.2 Å². The third-order valence-electron chi connectivity index (χ3n) is 4.14. The van der Waals surface area contributed by atoms with Crippen molar-refractivity contribution in [3.05, 3.63) is 53.3 Å². The number of thiazole rings is 1. The lowest BCUT2D eigenvalue weighted by Crippen LogP contribution is -2.15. The summed E-state index contributed by atoms with van der Waals surface area (Å²) in [5, 5.41) is 12.5. The maximum atomic E-state index is 12.3. The number of carbonyl (C=O) groups is 1. The van der Waals surface area contributed by atoms with Gasteiger partial charge in [0.25, 0.3) is 0 Å². The number of nitrogens with zero attached hydrogens (tertiary/aromatic N) is 4. The highest BCUT2D eigenvalue weighted by atomic mass is 32.2. The van der Waals surface area contributed by atoms with Crippen LogP contribution in [-0.4, -0.2) is 38.5 Å². The van der Waals surface area contributed by atoms with Crippen molar-refractivity contribution in [2.75, 3.05) is 18.2 Å². The van der Waals surface area contributed by atoms with Gasteiger partial charge in [0.1, 0.15) is 6.61 Å². The number of methoxy groups -OCH3 is 1. The molecule has 0 aliphatic carbocycles. The van der Waals surface area contributed by atoms with Crippen molar-refractivity contribution in [1.29, 1.82) is 0 Å². The molecule has 0 spiro atoms. The molecule has 10 heteroatoms. The van der Waals surface area contributed by atoms with E-state index in [1.807, 2.05) is 42.7 Å². The number of nitrogens with one attached hydrogen (secondary N) is 1. The van der Waals surface area contributed by atoms with Crippen LogP contribution in [0.15, 0.2) is 42.1 Å². The number of hydrogen-bond acceptors (Lipinski definition) is 8. The molecular formula is C20H23N5O3S2. The standard InChI is InChI=1S/C20H23N5O3S2/c1-5-10-25-17(11-28-16-9-7-6-8-15(16)27-4)23-24-20(25)29-12-18(26)22-19-21-13(2)14(3)30-19/h5-9H,1,10-12H2,2-4H3,(H,21,22,26). The van der Waals surface area contributed by atoms with Crippen LogP contribution in [0.3, 0.4) is 0 Å². The summed E-state index contributed by atoms with van der Waals surface area (Å²) in [4.78, 5) is 17.7. The van der Waals surface area contributed by atoms with Gasteiger partial charge in [0.15, 0.2) is 27.6 Å². The van der Waals surface area contributed by atoms with Gasteiger partial charge in [0.05, 0.1) is 18.6 Å². The topological polar surface area (TPSA) is 91.2 Å². The molecule has 8 nitrogen and oxygen atoms in total. The van der Waals surface area contributed by atoms with Crippen LogP contribution >= 0.6 is 23.1 Å². The zero-order valence-electron chi connectivity index (χ0n) is 17.0. The van der Waals surface area contributed by atoms with Crippen LogP contribution in [-0.2, 0) is 17.9 Å². The van der Waals surface area contributed by atoms with Crippen molar-refractivity contribution < 1.29 is 14.3 Å². The summed E-state index contributed by atoms with van der Waals surface area (Å²) in [6.45, 7) is 8.41. The first-order valence-corrected chi connectivity index (χ1v) is 11.0. The number of carbonyl (C=O) groups excluding carboxylic acids is 1. The smallest absolute Gasteiger partial charge is 0.236 e. The Morgan fingerprint density at radius 2 is 2.07 bits per heavy atom. The molecule has 3 rings (SSSR count). The second-order valence-electron chi connectivity index (χ2n) is 6.24. The van der Waals surface area contributed by atoms with E-state index in [4.69, 9.17) is 9.47 Å². The highest BCUT2D eigenvalue weighted by Gasteiger charge is 2.16. The van der Waals surface area contributed by atoms with E-state index < -0.39 is 0 Å². The minimum atomic E-state index is -0.145. The monoisotopic (exact) mass is 445 g/mol. The van der Waals surface area contributed by atoms with Crippen molar-refractivity contribution in [1.82, 2.24) is 19.7 Å². The fourth-order valence-corrected chi connectivity index (χ4v) is 4.13. The third kappa shape index (κ3) is 5.39. The average molecular weight is 446 g/mol. The number of anilines is 1. The number of hydrogen-bond donors (Lipinski definition) is 1. The van der Waals surface area contributed by atoms with Gasteiger partial charge in [-0.05, 0) is 26.0 Å². The van der Waals surface area contributed by atoms with Gasteiger partial charge in [0.2, 0.25) is 5.91 Å². The zero-order valence-corrected chi connectivity index (χ0v) is 18.7. The van der Waals surface area contributed by atoms with Gasteiger partial charge in [-0.25, -0.2) is 4.98 Å². The molecular weight excluding hydrogens is 422 g/mol. The number of benzene rings is 1.